The van der Waals surface area contributed by atoms with Gasteiger partial charge in [-0.2, -0.15) is 0 Å². The van der Waals surface area contributed by atoms with Gasteiger partial charge in [0, 0.05) is 12.2 Å². The molecular weight excluding hydrogens is 222 g/mol. The van der Waals surface area contributed by atoms with Crippen LogP contribution in [-0.4, -0.2) is 9.97 Å². The molecule has 1 aromatic heterocycles. The first-order valence-corrected chi connectivity index (χ1v) is 6.04. The Bertz CT molecular complexity index is 653. The lowest BCUT2D eigenvalue weighted by molar-refractivity contribution is 1.15. The van der Waals surface area contributed by atoms with Crippen LogP contribution in [0.1, 0.15) is 11.1 Å². The first-order chi connectivity index (χ1) is 8.81. The van der Waals surface area contributed by atoms with Gasteiger partial charge in [0.15, 0.2) is 0 Å². The van der Waals surface area contributed by atoms with E-state index >= 15 is 0 Å². The number of aryl methyl sites for hydroxylation is 1. The fourth-order valence-corrected chi connectivity index (χ4v) is 1.96. The number of benzene rings is 2. The lowest BCUT2D eigenvalue weighted by Crippen LogP contribution is -1.99. The molecule has 3 rings (SSSR count). The van der Waals surface area contributed by atoms with E-state index in [4.69, 9.17) is 0 Å². The van der Waals surface area contributed by atoms with E-state index < -0.39 is 0 Å². The van der Waals surface area contributed by atoms with Gasteiger partial charge in [-0.25, -0.2) is 4.98 Å². The zero-order valence-corrected chi connectivity index (χ0v) is 10.3. The number of hydrogen-bond acceptors (Lipinski definition) is 2. The molecule has 0 bridgehead atoms. The summed E-state index contributed by atoms with van der Waals surface area (Å²) >= 11 is 0. The van der Waals surface area contributed by atoms with Crippen molar-refractivity contribution in [3.8, 4) is 0 Å². The third kappa shape index (κ3) is 2.20. The third-order valence-corrected chi connectivity index (χ3v) is 3.04. The summed E-state index contributed by atoms with van der Waals surface area (Å²) in [6.45, 7) is 2.93. The Morgan fingerprint density at radius 3 is 2.78 bits per heavy atom. The van der Waals surface area contributed by atoms with Gasteiger partial charge >= 0.3 is 0 Å². The average Bonchev–Trinajstić information content (AvgIpc) is 2.85. The molecule has 0 fully saturated rings. The highest BCUT2D eigenvalue weighted by Crippen LogP contribution is 2.16. The van der Waals surface area contributed by atoms with Crippen LogP contribution in [0.4, 0.5) is 5.69 Å². The standard InChI is InChI=1S/C15H15N3/c1-11-2-4-12(5-3-11)9-16-13-6-7-14-15(8-13)18-10-17-14/h2-8,10,16H,9H2,1H3,(H,17,18). The van der Waals surface area contributed by atoms with Crippen molar-refractivity contribution < 1.29 is 0 Å². The minimum atomic E-state index is 0.833. The van der Waals surface area contributed by atoms with Crippen molar-refractivity contribution in [1.82, 2.24) is 9.97 Å². The van der Waals surface area contributed by atoms with Gasteiger partial charge in [-0.3, -0.25) is 0 Å². The lowest BCUT2D eigenvalue weighted by atomic mass is 10.1. The Morgan fingerprint density at radius 1 is 1.11 bits per heavy atom. The fraction of sp³-hybridized carbons (Fsp3) is 0.133. The maximum Gasteiger partial charge on any atom is 0.0931 e. The minimum Gasteiger partial charge on any atom is -0.381 e. The number of imidazole rings is 1. The molecule has 90 valence electrons. The summed E-state index contributed by atoms with van der Waals surface area (Å²) in [5.74, 6) is 0. The minimum absolute atomic E-state index is 0.833. The van der Waals surface area contributed by atoms with Crippen LogP contribution in [0.5, 0.6) is 0 Å². The Morgan fingerprint density at radius 2 is 1.94 bits per heavy atom. The largest absolute Gasteiger partial charge is 0.381 e. The van der Waals surface area contributed by atoms with Gasteiger partial charge < -0.3 is 10.3 Å². The second-order valence-corrected chi connectivity index (χ2v) is 4.47. The van der Waals surface area contributed by atoms with Crippen LogP contribution in [0.3, 0.4) is 0 Å². The van der Waals surface area contributed by atoms with Gasteiger partial charge in [0.2, 0.25) is 0 Å². The molecule has 0 spiro atoms. The van der Waals surface area contributed by atoms with Gasteiger partial charge in [0.05, 0.1) is 17.4 Å². The van der Waals surface area contributed by atoms with E-state index in [-0.39, 0.29) is 0 Å². The number of aromatic amines is 1. The summed E-state index contributed by atoms with van der Waals surface area (Å²) in [4.78, 5) is 7.32. The summed E-state index contributed by atoms with van der Waals surface area (Å²) < 4.78 is 0. The van der Waals surface area contributed by atoms with Crippen molar-refractivity contribution in [1.29, 1.82) is 0 Å². The van der Waals surface area contributed by atoms with E-state index in [1.807, 2.05) is 6.07 Å². The molecule has 0 aliphatic rings. The third-order valence-electron chi connectivity index (χ3n) is 3.04. The molecule has 0 amide bonds. The van der Waals surface area contributed by atoms with Crippen molar-refractivity contribution >= 4 is 16.7 Å². The number of fused-ring (bicyclic) bond motifs is 1. The number of hydrogen-bond donors (Lipinski definition) is 2. The van der Waals surface area contributed by atoms with Crippen LogP contribution in [-0.2, 0) is 6.54 Å². The SMILES string of the molecule is Cc1ccc(CNc2ccc3nc[nH]c3c2)cc1. The Balaban J connectivity index is 1.74. The predicted octanol–water partition coefficient (Wildman–Crippen LogP) is 3.48. The molecular formula is C15H15N3. The molecule has 1 heterocycles. The summed E-state index contributed by atoms with van der Waals surface area (Å²) in [7, 11) is 0. The number of rotatable bonds is 3. The van der Waals surface area contributed by atoms with Crippen molar-refractivity contribution in [3.05, 3.63) is 59.9 Å². The monoisotopic (exact) mass is 237 g/mol. The second-order valence-electron chi connectivity index (χ2n) is 4.47. The Kier molecular flexibility index (Phi) is 2.73. The lowest BCUT2D eigenvalue weighted by Gasteiger charge is -2.06. The van der Waals surface area contributed by atoms with Crippen LogP contribution in [0.15, 0.2) is 48.8 Å². The van der Waals surface area contributed by atoms with E-state index in [1.165, 1.54) is 11.1 Å². The van der Waals surface area contributed by atoms with Gasteiger partial charge in [0.25, 0.3) is 0 Å². The van der Waals surface area contributed by atoms with E-state index in [0.717, 1.165) is 23.3 Å². The normalized spacial score (nSPS) is 10.7. The topological polar surface area (TPSA) is 40.7 Å². The van der Waals surface area contributed by atoms with Gasteiger partial charge in [0.1, 0.15) is 0 Å². The molecule has 0 saturated carbocycles. The van der Waals surface area contributed by atoms with Crippen LogP contribution >= 0.6 is 0 Å². The number of aromatic nitrogens is 2. The molecule has 18 heavy (non-hydrogen) atoms. The summed E-state index contributed by atoms with van der Waals surface area (Å²) in [6, 6.07) is 14.7. The number of nitrogens with one attached hydrogen (secondary N) is 2. The molecule has 0 unspecified atom stereocenters. The van der Waals surface area contributed by atoms with Crippen LogP contribution in [0.25, 0.3) is 11.0 Å². The van der Waals surface area contributed by atoms with Crippen molar-refractivity contribution in [2.24, 2.45) is 0 Å². The summed E-state index contributed by atoms with van der Waals surface area (Å²) in [5.41, 5.74) is 5.73. The highest BCUT2D eigenvalue weighted by Gasteiger charge is 1.98. The maximum absolute atomic E-state index is 4.20. The molecule has 3 heteroatoms. The molecule has 3 nitrogen and oxygen atoms in total. The summed E-state index contributed by atoms with van der Waals surface area (Å²) in [6.07, 6.45) is 1.72. The Labute approximate surface area is 106 Å². The smallest absolute Gasteiger partial charge is 0.0931 e. The number of H-pyrrole nitrogens is 1. The van der Waals surface area contributed by atoms with Crippen molar-refractivity contribution in [2.45, 2.75) is 13.5 Å². The van der Waals surface area contributed by atoms with E-state index in [0.29, 0.717) is 0 Å². The van der Waals surface area contributed by atoms with E-state index in [1.54, 1.807) is 6.33 Å². The van der Waals surface area contributed by atoms with Crippen LogP contribution in [0, 0.1) is 6.92 Å². The molecule has 0 aliphatic heterocycles. The van der Waals surface area contributed by atoms with Gasteiger partial charge in [-0.15, -0.1) is 0 Å². The van der Waals surface area contributed by atoms with Crippen LogP contribution in [0.2, 0.25) is 0 Å². The first-order valence-electron chi connectivity index (χ1n) is 6.04. The Hall–Kier alpha value is -2.29. The first kappa shape index (κ1) is 10.8. The number of nitrogens with zero attached hydrogens (tertiary/aromatic N) is 1. The molecule has 0 radical (unpaired) electrons. The molecule has 0 atom stereocenters. The predicted molar refractivity (Wildman–Crippen MR) is 74.6 cm³/mol. The zero-order chi connectivity index (χ0) is 12.4. The molecule has 2 N–H and O–H groups in total. The van der Waals surface area contributed by atoms with Crippen molar-refractivity contribution in [2.75, 3.05) is 5.32 Å². The molecule has 2 aromatic carbocycles. The highest BCUT2D eigenvalue weighted by atomic mass is 14.9. The summed E-state index contributed by atoms with van der Waals surface area (Å²) in [5, 5.41) is 3.41. The number of anilines is 1. The van der Waals surface area contributed by atoms with Gasteiger partial charge in [-0.1, -0.05) is 29.8 Å². The fourth-order valence-electron chi connectivity index (χ4n) is 1.96. The zero-order valence-electron chi connectivity index (χ0n) is 10.3. The molecule has 0 saturated heterocycles. The van der Waals surface area contributed by atoms with Crippen LogP contribution < -0.4 is 5.32 Å². The quantitative estimate of drug-likeness (QED) is 0.732. The molecule has 3 aromatic rings. The van der Waals surface area contributed by atoms with E-state index in [9.17, 15) is 0 Å². The molecule has 0 aliphatic carbocycles. The maximum atomic E-state index is 4.20. The van der Waals surface area contributed by atoms with Crippen molar-refractivity contribution in [3.63, 3.8) is 0 Å². The van der Waals surface area contributed by atoms with Gasteiger partial charge in [-0.05, 0) is 30.7 Å². The average molecular weight is 237 g/mol. The highest BCUT2D eigenvalue weighted by molar-refractivity contribution is 5.78. The second kappa shape index (κ2) is 4.53. The van der Waals surface area contributed by atoms with E-state index in [2.05, 4.69) is 58.6 Å².